The number of nitrogens with zero attached hydrogens (tertiary/aromatic N) is 1. The number of hydrogen-bond donors (Lipinski definition) is 0. The molecule has 8 heteroatoms. The Morgan fingerprint density at radius 1 is 1.25 bits per heavy atom. The van der Waals surface area contributed by atoms with Crippen molar-refractivity contribution in [3.8, 4) is 11.5 Å². The number of amides is 1. The van der Waals surface area contributed by atoms with Crippen molar-refractivity contribution in [1.82, 2.24) is 0 Å². The molecule has 0 radical (unpaired) electrons. The van der Waals surface area contributed by atoms with Crippen LogP contribution in [-0.2, 0) is 9.59 Å². The maximum absolute atomic E-state index is 12.2. The van der Waals surface area contributed by atoms with E-state index in [2.05, 4.69) is 15.9 Å². The zero-order chi connectivity index (χ0) is 17.3. The lowest BCUT2D eigenvalue weighted by atomic mass is 10.2. The monoisotopic (exact) mass is 429 g/mol. The van der Waals surface area contributed by atoms with E-state index in [1.54, 1.807) is 24.3 Å². The van der Waals surface area contributed by atoms with Crippen LogP contribution in [0, 0.1) is 0 Å². The van der Waals surface area contributed by atoms with Crippen LogP contribution < -0.4 is 14.4 Å². The van der Waals surface area contributed by atoms with Gasteiger partial charge in [-0.3, -0.25) is 9.69 Å². The number of fused-ring (bicyclic) bond motifs is 1. The summed E-state index contributed by atoms with van der Waals surface area (Å²) in [6.45, 7) is -0.395. The summed E-state index contributed by atoms with van der Waals surface area (Å²) in [6.07, 6.45) is 0. The molecule has 0 saturated carbocycles. The number of hydrogen-bond acceptors (Lipinski definition) is 4. The molecule has 0 spiro atoms. The van der Waals surface area contributed by atoms with E-state index in [4.69, 9.17) is 32.7 Å². The summed E-state index contributed by atoms with van der Waals surface area (Å²) in [4.78, 5) is 25.6. The molecule has 0 N–H and O–H groups in total. The van der Waals surface area contributed by atoms with Crippen molar-refractivity contribution < 1.29 is 19.1 Å². The summed E-state index contributed by atoms with van der Waals surface area (Å²) in [5, 5.41) is 0.649. The highest BCUT2D eigenvalue weighted by molar-refractivity contribution is 9.10. The number of ether oxygens (including phenoxy) is 2. The Morgan fingerprint density at radius 2 is 2.04 bits per heavy atom. The third-order valence-corrected chi connectivity index (χ3v) is 4.29. The van der Waals surface area contributed by atoms with Crippen LogP contribution in [0.4, 0.5) is 5.69 Å². The third kappa shape index (κ3) is 3.66. The van der Waals surface area contributed by atoms with Gasteiger partial charge in [0.2, 0.25) is 0 Å². The maximum Gasteiger partial charge on any atom is 0.331 e. The minimum Gasteiger partial charge on any atom is -0.482 e. The Balaban J connectivity index is 1.78. The average Bonchev–Trinajstić information content (AvgIpc) is 2.53. The van der Waals surface area contributed by atoms with E-state index in [-0.39, 0.29) is 29.8 Å². The van der Waals surface area contributed by atoms with Crippen LogP contribution in [0.5, 0.6) is 11.5 Å². The van der Waals surface area contributed by atoms with Crippen molar-refractivity contribution in [2.24, 2.45) is 0 Å². The van der Waals surface area contributed by atoms with Crippen LogP contribution in [0.2, 0.25) is 10.0 Å². The molecule has 0 aliphatic carbocycles. The second-order valence-corrected chi connectivity index (χ2v) is 6.69. The van der Waals surface area contributed by atoms with Crippen molar-refractivity contribution >= 4 is 56.7 Å². The molecule has 24 heavy (non-hydrogen) atoms. The lowest BCUT2D eigenvalue weighted by Gasteiger charge is -2.28. The summed E-state index contributed by atoms with van der Waals surface area (Å²) < 4.78 is 11.4. The SMILES string of the molecule is O=C(CN1C(=O)COc2cc(Br)ccc21)Oc1ccc(Cl)cc1Cl. The van der Waals surface area contributed by atoms with E-state index >= 15 is 0 Å². The third-order valence-electron chi connectivity index (χ3n) is 3.27. The summed E-state index contributed by atoms with van der Waals surface area (Å²) in [6, 6.07) is 9.71. The molecule has 0 unspecified atom stereocenters. The number of carbonyl (C=O) groups is 2. The van der Waals surface area contributed by atoms with Gasteiger partial charge in [-0.2, -0.15) is 0 Å². The molecule has 3 rings (SSSR count). The molecule has 0 atom stereocenters. The van der Waals surface area contributed by atoms with Gasteiger partial charge < -0.3 is 9.47 Å². The maximum atomic E-state index is 12.2. The largest absolute Gasteiger partial charge is 0.482 e. The number of anilines is 1. The topological polar surface area (TPSA) is 55.8 Å². The standard InChI is InChI=1S/C16H10BrCl2NO4/c17-9-1-3-12-14(5-9)23-8-15(21)20(12)7-16(22)24-13-4-2-10(18)6-11(13)19/h1-6H,7-8H2. The molecule has 1 heterocycles. The van der Waals surface area contributed by atoms with Crippen molar-refractivity contribution in [3.63, 3.8) is 0 Å². The van der Waals surface area contributed by atoms with Crippen LogP contribution >= 0.6 is 39.1 Å². The van der Waals surface area contributed by atoms with Crippen molar-refractivity contribution in [2.75, 3.05) is 18.1 Å². The number of halogens is 3. The normalized spacial score (nSPS) is 13.3. The number of rotatable bonds is 3. The first-order valence-corrected chi connectivity index (χ1v) is 8.37. The molecule has 5 nitrogen and oxygen atoms in total. The molecule has 0 fully saturated rings. The van der Waals surface area contributed by atoms with E-state index in [9.17, 15) is 9.59 Å². The van der Waals surface area contributed by atoms with Gasteiger partial charge in [0.25, 0.3) is 5.91 Å². The number of esters is 1. The number of carbonyl (C=O) groups excluding carboxylic acids is 2. The van der Waals surface area contributed by atoms with Gasteiger partial charge in [-0.15, -0.1) is 0 Å². The molecule has 1 aliphatic rings. The van der Waals surface area contributed by atoms with Gasteiger partial charge >= 0.3 is 5.97 Å². The Morgan fingerprint density at radius 3 is 2.79 bits per heavy atom. The summed E-state index contributed by atoms with van der Waals surface area (Å²) in [5.74, 6) is -0.253. The van der Waals surface area contributed by atoms with Gasteiger partial charge in [0.1, 0.15) is 18.0 Å². The van der Waals surface area contributed by atoms with Crippen LogP contribution in [-0.4, -0.2) is 25.0 Å². The zero-order valence-electron chi connectivity index (χ0n) is 12.1. The molecule has 1 aliphatic heterocycles. The van der Waals surface area contributed by atoms with Gasteiger partial charge in [-0.05, 0) is 36.4 Å². The minimum absolute atomic E-state index is 0.140. The fraction of sp³-hybridized carbons (Fsp3) is 0.125. The van der Waals surface area contributed by atoms with Gasteiger partial charge in [0.15, 0.2) is 6.61 Å². The average molecular weight is 431 g/mol. The number of benzene rings is 2. The molecule has 0 saturated heterocycles. The molecule has 124 valence electrons. The highest BCUT2D eigenvalue weighted by Crippen LogP contribution is 2.34. The van der Waals surface area contributed by atoms with Crippen LogP contribution in [0.15, 0.2) is 40.9 Å². The van der Waals surface area contributed by atoms with Crippen molar-refractivity contribution in [3.05, 3.63) is 50.9 Å². The Bertz CT molecular complexity index is 828. The highest BCUT2D eigenvalue weighted by atomic mass is 79.9. The lowest BCUT2D eigenvalue weighted by Crippen LogP contribution is -2.43. The van der Waals surface area contributed by atoms with Crippen LogP contribution in [0.1, 0.15) is 0 Å². The van der Waals surface area contributed by atoms with E-state index in [0.29, 0.717) is 16.5 Å². The second-order valence-electron chi connectivity index (χ2n) is 4.93. The highest BCUT2D eigenvalue weighted by Gasteiger charge is 2.28. The van der Waals surface area contributed by atoms with Gasteiger partial charge in [0.05, 0.1) is 10.7 Å². The molecule has 2 aromatic carbocycles. The smallest absolute Gasteiger partial charge is 0.331 e. The fourth-order valence-electron chi connectivity index (χ4n) is 2.19. The minimum atomic E-state index is -0.622. The molecular weight excluding hydrogens is 421 g/mol. The summed E-state index contributed by atoms with van der Waals surface area (Å²) in [7, 11) is 0. The zero-order valence-corrected chi connectivity index (χ0v) is 15.2. The van der Waals surface area contributed by atoms with E-state index in [1.165, 1.54) is 17.0 Å². The van der Waals surface area contributed by atoms with Gasteiger partial charge in [0, 0.05) is 9.50 Å². The van der Waals surface area contributed by atoms with E-state index in [0.717, 1.165) is 4.47 Å². The van der Waals surface area contributed by atoms with E-state index in [1.807, 2.05) is 0 Å². The predicted octanol–water partition coefficient (Wildman–Crippen LogP) is 4.09. The van der Waals surface area contributed by atoms with Crippen molar-refractivity contribution in [2.45, 2.75) is 0 Å². The first-order chi connectivity index (χ1) is 11.4. The lowest BCUT2D eigenvalue weighted by molar-refractivity contribution is -0.134. The Labute approximate surface area is 156 Å². The van der Waals surface area contributed by atoms with Crippen LogP contribution in [0.3, 0.4) is 0 Å². The molecule has 1 amide bonds. The summed E-state index contributed by atoms with van der Waals surface area (Å²) >= 11 is 15.1. The van der Waals surface area contributed by atoms with Gasteiger partial charge in [-0.25, -0.2) is 4.79 Å². The Kier molecular flexibility index (Phi) is 4.99. The first-order valence-electron chi connectivity index (χ1n) is 6.82. The summed E-state index contributed by atoms with van der Waals surface area (Å²) in [5.41, 5.74) is 0.508. The molecule has 0 bridgehead atoms. The second kappa shape index (κ2) is 7.01. The Hall–Kier alpha value is -1.76. The molecular formula is C16H10BrCl2NO4. The molecule has 0 aromatic heterocycles. The molecule has 2 aromatic rings. The predicted molar refractivity (Wildman–Crippen MR) is 94.1 cm³/mol. The quantitative estimate of drug-likeness (QED) is 0.543. The van der Waals surface area contributed by atoms with Crippen molar-refractivity contribution in [1.29, 1.82) is 0 Å². The van der Waals surface area contributed by atoms with E-state index < -0.39 is 5.97 Å². The van der Waals surface area contributed by atoms with Crippen LogP contribution in [0.25, 0.3) is 0 Å². The fourth-order valence-corrected chi connectivity index (χ4v) is 2.98. The van der Waals surface area contributed by atoms with Gasteiger partial charge in [-0.1, -0.05) is 39.1 Å². The first kappa shape index (κ1) is 17.1.